The van der Waals surface area contributed by atoms with Gasteiger partial charge < -0.3 is 10.1 Å². The van der Waals surface area contributed by atoms with E-state index in [2.05, 4.69) is 28.1 Å². The number of unbranched alkanes of at least 4 members (excludes halogenated alkanes) is 1. The molecule has 1 aliphatic heterocycles. The highest BCUT2D eigenvalue weighted by Crippen LogP contribution is 2.26. The van der Waals surface area contributed by atoms with Gasteiger partial charge in [-0.2, -0.15) is 0 Å². The van der Waals surface area contributed by atoms with Crippen LogP contribution in [-0.4, -0.2) is 24.0 Å². The molecule has 1 aliphatic rings. The van der Waals surface area contributed by atoms with Gasteiger partial charge >= 0.3 is 0 Å². The number of rotatable bonds is 8. The minimum Gasteiger partial charge on any atom is -0.494 e. The van der Waals surface area contributed by atoms with Crippen LogP contribution < -0.4 is 20.9 Å². The predicted octanol–water partition coefficient (Wildman–Crippen LogP) is 2.34. The first-order chi connectivity index (χ1) is 12.8. The van der Waals surface area contributed by atoms with Gasteiger partial charge in [0.05, 0.1) is 18.6 Å². The minimum atomic E-state index is -0.163. The first-order valence-electron chi connectivity index (χ1n) is 9.15. The Bertz CT molecular complexity index is 691. The Morgan fingerprint density at radius 3 is 2.73 bits per heavy atom. The maximum Gasteiger partial charge on any atom is 0.226 e. The van der Waals surface area contributed by atoms with Gasteiger partial charge in [0.15, 0.2) is 0 Å². The Morgan fingerprint density at radius 1 is 1.23 bits per heavy atom. The standard InChI is InChI=1S/C20H26N4O2/c1-2-3-12-26-17-6-4-16(5-7-17)19-18(14-23-24-19)20(25)22-13-15-8-10-21-11-9-15/h4-11,18-19,23-24H,2-3,12-14H2,1H3,(H,22,25). The van der Waals surface area contributed by atoms with Crippen LogP contribution in [0.1, 0.15) is 36.9 Å². The highest BCUT2D eigenvalue weighted by atomic mass is 16.5. The summed E-state index contributed by atoms with van der Waals surface area (Å²) < 4.78 is 5.71. The van der Waals surface area contributed by atoms with Crippen molar-refractivity contribution in [1.82, 2.24) is 21.2 Å². The van der Waals surface area contributed by atoms with Crippen molar-refractivity contribution in [3.8, 4) is 5.75 Å². The molecule has 0 spiro atoms. The lowest BCUT2D eigenvalue weighted by Gasteiger charge is -2.19. The number of hydrogen-bond acceptors (Lipinski definition) is 5. The van der Waals surface area contributed by atoms with Gasteiger partial charge in [0.1, 0.15) is 5.75 Å². The zero-order valence-corrected chi connectivity index (χ0v) is 15.1. The van der Waals surface area contributed by atoms with E-state index < -0.39 is 0 Å². The molecule has 6 heteroatoms. The summed E-state index contributed by atoms with van der Waals surface area (Å²) in [6, 6.07) is 11.7. The molecule has 1 aromatic carbocycles. The summed E-state index contributed by atoms with van der Waals surface area (Å²) in [6.07, 6.45) is 5.63. The van der Waals surface area contributed by atoms with Gasteiger partial charge in [-0.15, -0.1) is 0 Å². The lowest BCUT2D eigenvalue weighted by molar-refractivity contribution is -0.125. The Balaban J connectivity index is 1.57. The Kier molecular flexibility index (Phi) is 6.57. The van der Waals surface area contributed by atoms with Crippen LogP contribution in [0.4, 0.5) is 0 Å². The van der Waals surface area contributed by atoms with Gasteiger partial charge in [-0.25, -0.2) is 5.43 Å². The fourth-order valence-electron chi connectivity index (χ4n) is 2.98. The molecule has 138 valence electrons. The van der Waals surface area contributed by atoms with E-state index >= 15 is 0 Å². The summed E-state index contributed by atoms with van der Waals surface area (Å²) in [5.74, 6) is 0.739. The fraction of sp³-hybridized carbons (Fsp3) is 0.400. The van der Waals surface area contributed by atoms with Crippen LogP contribution in [0, 0.1) is 5.92 Å². The molecule has 2 atom stereocenters. The Morgan fingerprint density at radius 2 is 2.00 bits per heavy atom. The maximum atomic E-state index is 12.6. The molecule has 3 rings (SSSR count). The summed E-state index contributed by atoms with van der Waals surface area (Å²) in [5, 5.41) is 3.01. The van der Waals surface area contributed by atoms with Crippen LogP contribution in [0.5, 0.6) is 5.75 Å². The number of hydrazine groups is 1. The van der Waals surface area contributed by atoms with E-state index in [1.807, 2.05) is 36.4 Å². The van der Waals surface area contributed by atoms with Crippen molar-refractivity contribution in [2.75, 3.05) is 13.2 Å². The summed E-state index contributed by atoms with van der Waals surface area (Å²) in [5.41, 5.74) is 8.43. The lowest BCUT2D eigenvalue weighted by atomic mass is 9.94. The van der Waals surface area contributed by atoms with Gasteiger partial charge in [-0.05, 0) is 41.8 Å². The summed E-state index contributed by atoms with van der Waals surface area (Å²) in [6.45, 7) is 3.99. The zero-order valence-electron chi connectivity index (χ0n) is 15.1. The van der Waals surface area contributed by atoms with Crippen LogP contribution in [-0.2, 0) is 11.3 Å². The number of aromatic nitrogens is 1. The number of hydrogen-bond donors (Lipinski definition) is 3. The second-order valence-electron chi connectivity index (χ2n) is 6.45. The molecule has 1 saturated heterocycles. The predicted molar refractivity (Wildman–Crippen MR) is 100 cm³/mol. The average Bonchev–Trinajstić information content (AvgIpc) is 3.18. The van der Waals surface area contributed by atoms with Crippen molar-refractivity contribution in [2.24, 2.45) is 5.92 Å². The molecule has 3 N–H and O–H groups in total. The molecule has 0 saturated carbocycles. The molecular formula is C20H26N4O2. The number of benzene rings is 1. The molecule has 6 nitrogen and oxygen atoms in total. The molecule has 2 aromatic rings. The van der Waals surface area contributed by atoms with Crippen molar-refractivity contribution in [3.63, 3.8) is 0 Å². The fourth-order valence-corrected chi connectivity index (χ4v) is 2.98. The van der Waals surface area contributed by atoms with Crippen LogP contribution in [0.3, 0.4) is 0 Å². The third-order valence-corrected chi connectivity index (χ3v) is 4.54. The molecule has 1 fully saturated rings. The number of pyridine rings is 1. The molecule has 1 aromatic heterocycles. The van der Waals surface area contributed by atoms with Crippen LogP contribution in [0.2, 0.25) is 0 Å². The number of nitrogens with one attached hydrogen (secondary N) is 3. The smallest absolute Gasteiger partial charge is 0.226 e. The number of amides is 1. The largest absolute Gasteiger partial charge is 0.494 e. The molecule has 0 aliphatic carbocycles. The third-order valence-electron chi connectivity index (χ3n) is 4.54. The van der Waals surface area contributed by atoms with Crippen LogP contribution in [0.25, 0.3) is 0 Å². The number of carbonyl (C=O) groups is 1. The van der Waals surface area contributed by atoms with Gasteiger partial charge in [-0.3, -0.25) is 15.2 Å². The van der Waals surface area contributed by atoms with E-state index in [-0.39, 0.29) is 17.9 Å². The van der Waals surface area contributed by atoms with Gasteiger partial charge in [0, 0.05) is 25.5 Å². The van der Waals surface area contributed by atoms with E-state index in [1.165, 1.54) is 0 Å². The van der Waals surface area contributed by atoms with E-state index in [1.54, 1.807) is 12.4 Å². The zero-order chi connectivity index (χ0) is 18.2. The summed E-state index contributed by atoms with van der Waals surface area (Å²) in [7, 11) is 0. The van der Waals surface area contributed by atoms with Gasteiger partial charge in [-0.1, -0.05) is 25.5 Å². The van der Waals surface area contributed by atoms with Gasteiger partial charge in [0.25, 0.3) is 0 Å². The maximum absolute atomic E-state index is 12.6. The second kappa shape index (κ2) is 9.31. The normalized spacial score (nSPS) is 19.3. The van der Waals surface area contributed by atoms with E-state index in [4.69, 9.17) is 4.74 Å². The third kappa shape index (κ3) is 4.80. The average molecular weight is 354 g/mol. The highest BCUT2D eigenvalue weighted by molar-refractivity contribution is 5.80. The van der Waals surface area contributed by atoms with Crippen LogP contribution >= 0.6 is 0 Å². The van der Waals surface area contributed by atoms with Crippen molar-refractivity contribution in [3.05, 3.63) is 59.9 Å². The quantitative estimate of drug-likeness (QED) is 0.635. The molecule has 0 bridgehead atoms. The summed E-state index contributed by atoms with van der Waals surface area (Å²) in [4.78, 5) is 16.6. The topological polar surface area (TPSA) is 75.3 Å². The second-order valence-corrected chi connectivity index (χ2v) is 6.45. The highest BCUT2D eigenvalue weighted by Gasteiger charge is 2.33. The van der Waals surface area contributed by atoms with Crippen molar-refractivity contribution in [2.45, 2.75) is 32.4 Å². The Labute approximate surface area is 154 Å². The van der Waals surface area contributed by atoms with E-state index in [0.717, 1.165) is 36.3 Å². The number of ether oxygens (including phenoxy) is 1. The first-order valence-corrected chi connectivity index (χ1v) is 9.15. The van der Waals surface area contributed by atoms with Crippen LogP contribution in [0.15, 0.2) is 48.8 Å². The SMILES string of the molecule is CCCCOc1ccc(C2NNCC2C(=O)NCc2ccncc2)cc1. The van der Waals surface area contributed by atoms with Crippen molar-refractivity contribution < 1.29 is 9.53 Å². The number of nitrogens with zero attached hydrogens (tertiary/aromatic N) is 1. The lowest BCUT2D eigenvalue weighted by Crippen LogP contribution is -2.34. The number of carbonyl (C=O) groups excluding carboxylic acids is 1. The van der Waals surface area contributed by atoms with Gasteiger partial charge in [0.2, 0.25) is 5.91 Å². The molecule has 0 radical (unpaired) electrons. The monoisotopic (exact) mass is 354 g/mol. The molecule has 2 unspecified atom stereocenters. The molecule has 1 amide bonds. The first kappa shape index (κ1) is 18.4. The Hall–Kier alpha value is -2.44. The van der Waals surface area contributed by atoms with Crippen molar-refractivity contribution in [1.29, 1.82) is 0 Å². The van der Waals surface area contributed by atoms with E-state index in [9.17, 15) is 4.79 Å². The molecule has 2 heterocycles. The van der Waals surface area contributed by atoms with E-state index in [0.29, 0.717) is 13.1 Å². The van der Waals surface area contributed by atoms with Crippen molar-refractivity contribution >= 4 is 5.91 Å². The minimum absolute atomic E-state index is 0.0348. The summed E-state index contributed by atoms with van der Waals surface area (Å²) >= 11 is 0. The molecular weight excluding hydrogens is 328 g/mol. The molecule has 26 heavy (non-hydrogen) atoms.